The minimum Gasteiger partial charge on any atom is -0.493 e. The zero-order valence-corrected chi connectivity index (χ0v) is 11.3. The fourth-order valence-corrected chi connectivity index (χ4v) is 2.63. The monoisotopic (exact) mass is 292 g/mol. The Balaban J connectivity index is 1.99. The molecule has 3 rings (SSSR count). The van der Waals surface area contributed by atoms with Crippen molar-refractivity contribution in [3.05, 3.63) is 46.5 Å². The lowest BCUT2D eigenvalue weighted by Gasteiger charge is -2.11. The van der Waals surface area contributed by atoms with Gasteiger partial charge in [-0.2, -0.15) is 0 Å². The number of nitrogens with two attached hydrogens (primary N) is 1. The van der Waals surface area contributed by atoms with E-state index < -0.39 is 0 Å². The molecule has 0 spiro atoms. The third-order valence-corrected chi connectivity index (χ3v) is 3.44. The van der Waals surface area contributed by atoms with E-state index in [1.165, 1.54) is 0 Å². The molecule has 0 atom stereocenters. The predicted molar refractivity (Wildman–Crippen MR) is 74.5 cm³/mol. The summed E-state index contributed by atoms with van der Waals surface area (Å²) < 4.78 is 7.44. The molecule has 1 aromatic heterocycles. The molecule has 0 unspecified atom stereocenters. The second-order valence-electron chi connectivity index (χ2n) is 4.52. The molecular formula is C13H13ClN4O2. The lowest BCUT2D eigenvalue weighted by Crippen LogP contribution is -2.20. The van der Waals surface area contributed by atoms with E-state index in [0.717, 1.165) is 23.3 Å². The van der Waals surface area contributed by atoms with E-state index in [1.807, 2.05) is 12.1 Å². The van der Waals surface area contributed by atoms with Gasteiger partial charge in [0.1, 0.15) is 5.75 Å². The van der Waals surface area contributed by atoms with Gasteiger partial charge in [0.05, 0.1) is 13.2 Å². The maximum absolute atomic E-state index is 8.76. The van der Waals surface area contributed by atoms with Crippen molar-refractivity contribution in [3.63, 3.8) is 0 Å². The number of fused-ring (bicyclic) bond motifs is 1. The SMILES string of the molecule is N/C(=N/O)c1nccn1Cc1cc(Cl)cc2c1OCC2. The molecule has 2 heterocycles. The number of nitrogens with zero attached hydrogens (tertiary/aromatic N) is 3. The Morgan fingerprint density at radius 2 is 2.40 bits per heavy atom. The second-order valence-corrected chi connectivity index (χ2v) is 4.95. The summed E-state index contributed by atoms with van der Waals surface area (Å²) in [5.41, 5.74) is 7.66. The van der Waals surface area contributed by atoms with Crippen LogP contribution in [0.1, 0.15) is 17.0 Å². The van der Waals surface area contributed by atoms with Gasteiger partial charge in [-0.25, -0.2) is 4.98 Å². The first kappa shape index (κ1) is 12.8. The van der Waals surface area contributed by atoms with Gasteiger partial charge in [-0.15, -0.1) is 0 Å². The standard InChI is InChI=1S/C13H13ClN4O2/c14-10-5-8-1-4-20-11(8)9(6-10)7-18-3-2-16-13(18)12(15)17-19/h2-3,5-6,19H,1,4,7H2,(H2,15,17). The van der Waals surface area contributed by atoms with Crippen LogP contribution in [0.3, 0.4) is 0 Å². The molecule has 1 aliphatic rings. The van der Waals surface area contributed by atoms with Gasteiger partial charge in [0.2, 0.25) is 5.84 Å². The first-order chi connectivity index (χ1) is 9.69. The van der Waals surface area contributed by atoms with Gasteiger partial charge in [0.25, 0.3) is 0 Å². The van der Waals surface area contributed by atoms with E-state index in [4.69, 9.17) is 27.3 Å². The summed E-state index contributed by atoms with van der Waals surface area (Å²) in [6.45, 7) is 1.16. The van der Waals surface area contributed by atoms with Crippen molar-refractivity contribution in [2.75, 3.05) is 6.61 Å². The summed E-state index contributed by atoms with van der Waals surface area (Å²) in [4.78, 5) is 4.07. The molecule has 0 aliphatic carbocycles. The highest BCUT2D eigenvalue weighted by Crippen LogP contribution is 2.33. The number of amidine groups is 1. The summed E-state index contributed by atoms with van der Waals surface area (Å²) in [6.07, 6.45) is 4.22. The molecule has 2 aromatic rings. The summed E-state index contributed by atoms with van der Waals surface area (Å²) >= 11 is 6.13. The summed E-state index contributed by atoms with van der Waals surface area (Å²) in [5.74, 6) is 1.24. The Kier molecular flexibility index (Phi) is 3.23. The van der Waals surface area contributed by atoms with Crippen LogP contribution in [0, 0.1) is 0 Å². The van der Waals surface area contributed by atoms with Crippen LogP contribution in [0.2, 0.25) is 5.02 Å². The number of aromatic nitrogens is 2. The van der Waals surface area contributed by atoms with E-state index in [0.29, 0.717) is 24.0 Å². The lowest BCUT2D eigenvalue weighted by atomic mass is 10.1. The first-order valence-corrected chi connectivity index (χ1v) is 6.50. The summed E-state index contributed by atoms with van der Waals surface area (Å²) in [6, 6.07) is 3.79. The van der Waals surface area contributed by atoms with Crippen molar-refractivity contribution in [1.82, 2.24) is 9.55 Å². The van der Waals surface area contributed by atoms with Crippen LogP contribution in [0.15, 0.2) is 29.7 Å². The van der Waals surface area contributed by atoms with E-state index in [9.17, 15) is 0 Å². The smallest absolute Gasteiger partial charge is 0.206 e. The van der Waals surface area contributed by atoms with Gasteiger partial charge in [0, 0.05) is 29.4 Å². The molecule has 0 saturated heterocycles. The Hall–Kier alpha value is -2.21. The molecule has 0 radical (unpaired) electrons. The van der Waals surface area contributed by atoms with Crippen molar-refractivity contribution >= 4 is 17.4 Å². The van der Waals surface area contributed by atoms with Gasteiger partial charge in [-0.3, -0.25) is 0 Å². The molecule has 1 aromatic carbocycles. The number of hydrogen-bond acceptors (Lipinski definition) is 4. The van der Waals surface area contributed by atoms with Crippen molar-refractivity contribution < 1.29 is 9.94 Å². The van der Waals surface area contributed by atoms with Gasteiger partial charge in [-0.1, -0.05) is 16.8 Å². The zero-order valence-electron chi connectivity index (χ0n) is 10.6. The minimum absolute atomic E-state index is 0.0328. The molecule has 0 amide bonds. The molecule has 3 N–H and O–H groups in total. The predicted octanol–water partition coefficient (Wildman–Crippen LogP) is 1.61. The highest BCUT2D eigenvalue weighted by Gasteiger charge is 2.19. The number of benzene rings is 1. The normalized spacial score (nSPS) is 14.2. The molecule has 0 saturated carbocycles. The average Bonchev–Trinajstić information content (AvgIpc) is 3.06. The fourth-order valence-electron chi connectivity index (χ4n) is 2.36. The molecule has 7 heteroatoms. The van der Waals surface area contributed by atoms with Crippen molar-refractivity contribution in [2.45, 2.75) is 13.0 Å². The number of oxime groups is 1. The van der Waals surface area contributed by atoms with Crippen LogP contribution in [0.25, 0.3) is 0 Å². The highest BCUT2D eigenvalue weighted by atomic mass is 35.5. The molecule has 6 nitrogen and oxygen atoms in total. The summed E-state index contributed by atoms with van der Waals surface area (Å²) in [7, 11) is 0. The number of imidazole rings is 1. The molecule has 1 aliphatic heterocycles. The molecule has 104 valence electrons. The third-order valence-electron chi connectivity index (χ3n) is 3.22. The number of halogens is 1. The zero-order chi connectivity index (χ0) is 14.1. The van der Waals surface area contributed by atoms with Crippen LogP contribution in [-0.2, 0) is 13.0 Å². The van der Waals surface area contributed by atoms with Crippen molar-refractivity contribution in [1.29, 1.82) is 0 Å². The fraction of sp³-hybridized carbons (Fsp3) is 0.231. The van der Waals surface area contributed by atoms with Crippen molar-refractivity contribution in [2.24, 2.45) is 10.9 Å². The molecule has 0 bridgehead atoms. The maximum atomic E-state index is 8.76. The quantitative estimate of drug-likeness (QED) is 0.389. The molecule has 0 fully saturated rings. The number of rotatable bonds is 3. The van der Waals surface area contributed by atoms with Crippen LogP contribution >= 0.6 is 11.6 Å². The number of hydrogen-bond donors (Lipinski definition) is 2. The van der Waals surface area contributed by atoms with Crippen LogP contribution in [0.5, 0.6) is 5.75 Å². The largest absolute Gasteiger partial charge is 0.493 e. The van der Waals surface area contributed by atoms with E-state index in [2.05, 4.69) is 10.1 Å². The van der Waals surface area contributed by atoms with Gasteiger partial charge < -0.3 is 20.2 Å². The average molecular weight is 293 g/mol. The minimum atomic E-state index is -0.0328. The lowest BCUT2D eigenvalue weighted by molar-refractivity contribution is 0.318. The Bertz CT molecular complexity index is 681. The maximum Gasteiger partial charge on any atom is 0.206 e. The van der Waals surface area contributed by atoms with Crippen LogP contribution in [0.4, 0.5) is 0 Å². The van der Waals surface area contributed by atoms with Crippen LogP contribution < -0.4 is 10.5 Å². The van der Waals surface area contributed by atoms with Gasteiger partial charge >= 0.3 is 0 Å². The third kappa shape index (κ3) is 2.18. The second kappa shape index (κ2) is 5.05. The topological polar surface area (TPSA) is 85.7 Å². The van der Waals surface area contributed by atoms with E-state index in [-0.39, 0.29) is 5.84 Å². The summed E-state index contributed by atoms with van der Waals surface area (Å²) in [5, 5.41) is 12.4. The number of ether oxygens (including phenoxy) is 1. The molecule has 20 heavy (non-hydrogen) atoms. The van der Waals surface area contributed by atoms with Crippen LogP contribution in [-0.4, -0.2) is 27.2 Å². The molecular weight excluding hydrogens is 280 g/mol. The van der Waals surface area contributed by atoms with E-state index in [1.54, 1.807) is 17.0 Å². The first-order valence-electron chi connectivity index (χ1n) is 6.12. The van der Waals surface area contributed by atoms with Gasteiger partial charge in [0.15, 0.2) is 5.82 Å². The Labute approximate surface area is 120 Å². The highest BCUT2D eigenvalue weighted by molar-refractivity contribution is 6.30. The van der Waals surface area contributed by atoms with Crippen molar-refractivity contribution in [3.8, 4) is 5.75 Å². The van der Waals surface area contributed by atoms with E-state index >= 15 is 0 Å². The van der Waals surface area contributed by atoms with Gasteiger partial charge in [-0.05, 0) is 17.7 Å². The Morgan fingerprint density at radius 3 is 3.20 bits per heavy atom. The Morgan fingerprint density at radius 1 is 1.55 bits per heavy atom.